The highest BCUT2D eigenvalue weighted by Crippen LogP contribution is 2.36. The molecular formula is C19H25BO3. The van der Waals surface area contributed by atoms with E-state index in [2.05, 4.69) is 58.0 Å². The minimum Gasteiger partial charge on any atom is -0.491 e. The van der Waals surface area contributed by atoms with Crippen molar-refractivity contribution in [2.45, 2.75) is 58.8 Å². The third kappa shape index (κ3) is 3.10. The van der Waals surface area contributed by atoms with Gasteiger partial charge in [-0.3, -0.25) is 0 Å². The molecule has 1 saturated heterocycles. The first-order valence-corrected chi connectivity index (χ1v) is 8.24. The lowest BCUT2D eigenvalue weighted by molar-refractivity contribution is 0.00578. The molecule has 0 amide bonds. The van der Waals surface area contributed by atoms with Gasteiger partial charge in [0.05, 0.1) is 17.3 Å². The molecule has 1 aliphatic heterocycles. The van der Waals surface area contributed by atoms with Gasteiger partial charge in [0.15, 0.2) is 0 Å². The van der Waals surface area contributed by atoms with Crippen LogP contribution in [0.1, 0.15) is 41.5 Å². The molecule has 23 heavy (non-hydrogen) atoms. The van der Waals surface area contributed by atoms with Gasteiger partial charge in [0.1, 0.15) is 5.75 Å². The smallest absolute Gasteiger partial charge is 0.491 e. The second kappa shape index (κ2) is 5.54. The highest BCUT2D eigenvalue weighted by atomic mass is 16.7. The van der Waals surface area contributed by atoms with Gasteiger partial charge in [0.2, 0.25) is 0 Å². The summed E-state index contributed by atoms with van der Waals surface area (Å²) >= 11 is 0. The van der Waals surface area contributed by atoms with Crippen molar-refractivity contribution < 1.29 is 14.0 Å². The van der Waals surface area contributed by atoms with Crippen molar-refractivity contribution >= 4 is 23.4 Å². The number of hydrogen-bond acceptors (Lipinski definition) is 3. The summed E-state index contributed by atoms with van der Waals surface area (Å²) in [5.41, 5.74) is 0.391. The van der Waals surface area contributed by atoms with Crippen LogP contribution in [0.2, 0.25) is 0 Å². The highest BCUT2D eigenvalue weighted by Gasteiger charge is 2.51. The molecule has 0 aliphatic carbocycles. The lowest BCUT2D eigenvalue weighted by Gasteiger charge is -2.32. The van der Waals surface area contributed by atoms with E-state index in [4.69, 9.17) is 14.0 Å². The van der Waals surface area contributed by atoms with E-state index in [0.29, 0.717) is 0 Å². The summed E-state index contributed by atoms with van der Waals surface area (Å²) in [5, 5.41) is 2.32. The molecule has 122 valence electrons. The summed E-state index contributed by atoms with van der Waals surface area (Å²) in [6.45, 7) is 12.4. The largest absolute Gasteiger partial charge is 0.494 e. The van der Waals surface area contributed by atoms with Crippen LogP contribution in [0.25, 0.3) is 10.8 Å². The number of hydrogen-bond donors (Lipinski definition) is 0. The first-order valence-electron chi connectivity index (χ1n) is 8.24. The molecular weight excluding hydrogens is 287 g/mol. The minimum absolute atomic E-state index is 0.165. The Kier molecular flexibility index (Phi) is 3.93. The number of rotatable bonds is 3. The quantitative estimate of drug-likeness (QED) is 0.804. The van der Waals surface area contributed by atoms with Crippen LogP contribution in [0.4, 0.5) is 0 Å². The van der Waals surface area contributed by atoms with Gasteiger partial charge in [0, 0.05) is 0 Å². The monoisotopic (exact) mass is 312 g/mol. The van der Waals surface area contributed by atoms with E-state index in [0.717, 1.165) is 16.6 Å². The van der Waals surface area contributed by atoms with Crippen LogP contribution in [-0.4, -0.2) is 24.4 Å². The predicted octanol–water partition coefficient (Wildman–Crippen LogP) is 3.93. The Hall–Kier alpha value is -1.52. The molecule has 1 fully saturated rings. The van der Waals surface area contributed by atoms with Gasteiger partial charge in [-0.05, 0) is 69.9 Å². The minimum atomic E-state index is -0.334. The zero-order valence-electron chi connectivity index (χ0n) is 14.8. The lowest BCUT2D eigenvalue weighted by Crippen LogP contribution is -2.41. The van der Waals surface area contributed by atoms with Crippen LogP contribution in [-0.2, 0) is 9.31 Å². The molecule has 0 radical (unpaired) electrons. The topological polar surface area (TPSA) is 27.7 Å². The Balaban J connectivity index is 1.93. The van der Waals surface area contributed by atoms with E-state index in [1.165, 1.54) is 5.39 Å². The molecule has 3 rings (SSSR count). The molecule has 2 aromatic rings. The summed E-state index contributed by atoms with van der Waals surface area (Å²) in [6.07, 6.45) is 0.165. The molecule has 0 bridgehead atoms. The number of fused-ring (bicyclic) bond motifs is 1. The first kappa shape index (κ1) is 16.3. The fourth-order valence-electron chi connectivity index (χ4n) is 2.71. The molecule has 3 nitrogen and oxygen atoms in total. The van der Waals surface area contributed by atoms with Crippen LogP contribution < -0.4 is 10.2 Å². The van der Waals surface area contributed by atoms with Gasteiger partial charge in [-0.15, -0.1) is 0 Å². The van der Waals surface area contributed by atoms with E-state index in [-0.39, 0.29) is 24.4 Å². The van der Waals surface area contributed by atoms with E-state index in [9.17, 15) is 0 Å². The lowest BCUT2D eigenvalue weighted by atomic mass is 9.78. The summed E-state index contributed by atoms with van der Waals surface area (Å²) < 4.78 is 18.1. The Labute approximate surface area is 139 Å². The zero-order chi connectivity index (χ0) is 16.8. The van der Waals surface area contributed by atoms with Crippen LogP contribution in [0.3, 0.4) is 0 Å². The highest BCUT2D eigenvalue weighted by molar-refractivity contribution is 6.62. The number of ether oxygens (including phenoxy) is 1. The summed E-state index contributed by atoms with van der Waals surface area (Å²) in [6, 6.07) is 12.5. The van der Waals surface area contributed by atoms with Crippen LogP contribution in [0.15, 0.2) is 36.4 Å². The second-order valence-corrected chi connectivity index (χ2v) is 7.52. The van der Waals surface area contributed by atoms with Crippen molar-refractivity contribution in [3.05, 3.63) is 36.4 Å². The zero-order valence-corrected chi connectivity index (χ0v) is 14.8. The van der Waals surface area contributed by atoms with Crippen molar-refractivity contribution in [1.82, 2.24) is 0 Å². The van der Waals surface area contributed by atoms with E-state index >= 15 is 0 Å². The van der Waals surface area contributed by atoms with Crippen molar-refractivity contribution in [1.29, 1.82) is 0 Å². The molecule has 1 heterocycles. The van der Waals surface area contributed by atoms with Crippen molar-refractivity contribution in [3.8, 4) is 5.75 Å². The maximum Gasteiger partial charge on any atom is 0.494 e. The molecule has 0 atom stereocenters. The molecule has 0 spiro atoms. The summed E-state index contributed by atoms with van der Waals surface area (Å²) in [5.74, 6) is 0.888. The Bertz CT molecular complexity index is 706. The third-order valence-corrected chi connectivity index (χ3v) is 4.73. The second-order valence-electron chi connectivity index (χ2n) is 7.52. The molecule has 4 heteroatoms. The Morgan fingerprint density at radius 1 is 0.870 bits per heavy atom. The van der Waals surface area contributed by atoms with Gasteiger partial charge < -0.3 is 14.0 Å². The standard InChI is InChI=1S/C19H25BO3/c1-13(2)21-17-10-8-14-7-9-16(11-15(14)12-17)20-22-18(3,4)19(5,6)23-20/h7-13H,1-6H3. The summed E-state index contributed by atoms with van der Waals surface area (Å²) in [7, 11) is -0.334. The van der Waals surface area contributed by atoms with E-state index in [1.807, 2.05) is 19.9 Å². The van der Waals surface area contributed by atoms with Crippen LogP contribution in [0, 0.1) is 0 Å². The maximum atomic E-state index is 6.14. The average molecular weight is 312 g/mol. The molecule has 2 aromatic carbocycles. The van der Waals surface area contributed by atoms with E-state index < -0.39 is 0 Å². The van der Waals surface area contributed by atoms with Gasteiger partial charge in [-0.2, -0.15) is 0 Å². The Morgan fingerprint density at radius 3 is 2.09 bits per heavy atom. The molecule has 1 aliphatic rings. The first-order chi connectivity index (χ1) is 10.7. The molecule has 0 saturated carbocycles. The fourth-order valence-corrected chi connectivity index (χ4v) is 2.71. The number of benzene rings is 2. The fraction of sp³-hybridized carbons (Fsp3) is 0.474. The average Bonchev–Trinajstić information content (AvgIpc) is 2.66. The SMILES string of the molecule is CC(C)Oc1ccc2ccc(B3OC(C)(C)C(C)(C)O3)cc2c1. The summed E-state index contributed by atoms with van der Waals surface area (Å²) in [4.78, 5) is 0. The van der Waals surface area contributed by atoms with Crippen molar-refractivity contribution in [2.75, 3.05) is 0 Å². The van der Waals surface area contributed by atoms with Gasteiger partial charge in [-0.25, -0.2) is 0 Å². The van der Waals surface area contributed by atoms with Gasteiger partial charge >= 0.3 is 7.12 Å². The molecule has 0 unspecified atom stereocenters. The molecule has 0 aromatic heterocycles. The van der Waals surface area contributed by atoms with Crippen LogP contribution in [0.5, 0.6) is 5.75 Å². The third-order valence-electron chi connectivity index (χ3n) is 4.73. The van der Waals surface area contributed by atoms with Crippen molar-refractivity contribution in [2.24, 2.45) is 0 Å². The maximum absolute atomic E-state index is 6.14. The Morgan fingerprint density at radius 2 is 1.48 bits per heavy atom. The predicted molar refractivity (Wildman–Crippen MR) is 95.4 cm³/mol. The molecule has 0 N–H and O–H groups in total. The van der Waals surface area contributed by atoms with Crippen LogP contribution >= 0.6 is 0 Å². The van der Waals surface area contributed by atoms with Crippen molar-refractivity contribution in [3.63, 3.8) is 0 Å². The van der Waals surface area contributed by atoms with Gasteiger partial charge in [0.25, 0.3) is 0 Å². The normalized spacial score (nSPS) is 19.5. The van der Waals surface area contributed by atoms with Gasteiger partial charge in [-0.1, -0.05) is 24.3 Å². The van der Waals surface area contributed by atoms with E-state index in [1.54, 1.807) is 0 Å².